The predicted molar refractivity (Wildman–Crippen MR) is 66.6 cm³/mol. The molecule has 2 nitrogen and oxygen atoms in total. The Balaban J connectivity index is 2.06. The van der Waals surface area contributed by atoms with E-state index in [1.807, 2.05) is 37.3 Å². The number of benzene rings is 2. The van der Waals surface area contributed by atoms with Crippen molar-refractivity contribution in [3.8, 4) is 11.8 Å². The Morgan fingerprint density at radius 1 is 1.17 bits per heavy atom. The van der Waals surface area contributed by atoms with E-state index in [4.69, 9.17) is 10.00 Å². The molecule has 0 bridgehead atoms. The van der Waals surface area contributed by atoms with Crippen LogP contribution in [0.3, 0.4) is 0 Å². The van der Waals surface area contributed by atoms with Crippen molar-refractivity contribution in [1.29, 1.82) is 5.26 Å². The lowest BCUT2D eigenvalue weighted by Gasteiger charge is -2.07. The third-order valence-corrected chi connectivity index (χ3v) is 2.58. The molecule has 2 rings (SSSR count). The molecule has 0 N–H and O–H groups in total. The zero-order valence-corrected chi connectivity index (χ0v) is 9.98. The van der Waals surface area contributed by atoms with E-state index in [9.17, 15) is 4.39 Å². The van der Waals surface area contributed by atoms with Crippen LogP contribution in [0, 0.1) is 24.1 Å². The lowest BCUT2D eigenvalue weighted by atomic mass is 10.2. The molecular weight excluding hydrogens is 229 g/mol. The molecule has 18 heavy (non-hydrogen) atoms. The molecule has 0 radical (unpaired) electrons. The normalized spacial score (nSPS) is 9.83. The topological polar surface area (TPSA) is 33.0 Å². The van der Waals surface area contributed by atoms with Gasteiger partial charge in [-0.3, -0.25) is 0 Å². The maximum absolute atomic E-state index is 13.5. The van der Waals surface area contributed by atoms with E-state index in [0.29, 0.717) is 6.61 Å². The first-order chi connectivity index (χ1) is 8.69. The maximum Gasteiger partial charge on any atom is 0.166 e. The average Bonchev–Trinajstić information content (AvgIpc) is 2.39. The molecule has 0 heterocycles. The van der Waals surface area contributed by atoms with E-state index in [2.05, 4.69) is 0 Å². The van der Waals surface area contributed by atoms with Crippen LogP contribution >= 0.6 is 0 Å². The fourth-order valence-electron chi connectivity index (χ4n) is 1.53. The van der Waals surface area contributed by atoms with Gasteiger partial charge in [-0.1, -0.05) is 29.8 Å². The summed E-state index contributed by atoms with van der Waals surface area (Å²) in [6.07, 6.45) is 0. The Labute approximate surface area is 105 Å². The van der Waals surface area contributed by atoms with Crippen LogP contribution in [0.25, 0.3) is 0 Å². The number of aryl methyl sites for hydroxylation is 1. The number of nitrogens with zero attached hydrogens (tertiary/aromatic N) is 1. The molecule has 0 amide bonds. The van der Waals surface area contributed by atoms with Gasteiger partial charge in [-0.05, 0) is 30.7 Å². The number of nitriles is 1. The van der Waals surface area contributed by atoms with Crippen LogP contribution in [0.2, 0.25) is 0 Å². The molecule has 0 saturated carbocycles. The Bertz CT molecular complexity index is 584. The zero-order chi connectivity index (χ0) is 13.0. The van der Waals surface area contributed by atoms with Crippen molar-refractivity contribution < 1.29 is 9.13 Å². The SMILES string of the molecule is Cc1ccc(COc2ccc(C#N)cc2F)cc1. The van der Waals surface area contributed by atoms with Crippen LogP contribution in [0.15, 0.2) is 42.5 Å². The van der Waals surface area contributed by atoms with Gasteiger partial charge in [0.1, 0.15) is 6.61 Å². The molecule has 3 heteroatoms. The first-order valence-corrected chi connectivity index (χ1v) is 5.57. The minimum Gasteiger partial charge on any atom is -0.486 e. The Morgan fingerprint density at radius 3 is 2.50 bits per heavy atom. The lowest BCUT2D eigenvalue weighted by molar-refractivity contribution is 0.290. The summed E-state index contributed by atoms with van der Waals surface area (Å²) in [4.78, 5) is 0. The van der Waals surface area contributed by atoms with Crippen LogP contribution in [0.1, 0.15) is 16.7 Å². The number of hydrogen-bond donors (Lipinski definition) is 0. The first kappa shape index (κ1) is 12.1. The highest BCUT2D eigenvalue weighted by molar-refractivity contribution is 5.36. The fourth-order valence-corrected chi connectivity index (χ4v) is 1.53. The van der Waals surface area contributed by atoms with Crippen molar-refractivity contribution in [1.82, 2.24) is 0 Å². The molecule has 0 aliphatic rings. The molecule has 0 aromatic heterocycles. The number of ether oxygens (including phenoxy) is 1. The molecule has 0 atom stereocenters. The monoisotopic (exact) mass is 241 g/mol. The molecule has 0 saturated heterocycles. The minimum atomic E-state index is -0.513. The standard InChI is InChI=1S/C15H12FNO/c1-11-2-4-12(5-3-11)10-18-15-7-6-13(9-17)8-14(15)16/h2-8H,10H2,1H3. The van der Waals surface area contributed by atoms with Gasteiger partial charge < -0.3 is 4.74 Å². The van der Waals surface area contributed by atoms with E-state index in [0.717, 1.165) is 5.56 Å². The summed E-state index contributed by atoms with van der Waals surface area (Å²) in [6, 6.07) is 13.9. The predicted octanol–water partition coefficient (Wildman–Crippen LogP) is 3.58. The van der Waals surface area contributed by atoms with Gasteiger partial charge in [-0.25, -0.2) is 4.39 Å². The fraction of sp³-hybridized carbons (Fsp3) is 0.133. The van der Waals surface area contributed by atoms with E-state index in [1.54, 1.807) is 0 Å². The van der Waals surface area contributed by atoms with Gasteiger partial charge in [0.15, 0.2) is 11.6 Å². The van der Waals surface area contributed by atoms with E-state index < -0.39 is 5.82 Å². The number of hydrogen-bond acceptors (Lipinski definition) is 2. The van der Waals surface area contributed by atoms with Crippen LogP contribution in [0.5, 0.6) is 5.75 Å². The number of rotatable bonds is 3. The largest absolute Gasteiger partial charge is 0.486 e. The zero-order valence-electron chi connectivity index (χ0n) is 9.98. The molecule has 2 aromatic rings. The van der Waals surface area contributed by atoms with E-state index >= 15 is 0 Å². The second-order valence-corrected chi connectivity index (χ2v) is 4.03. The second kappa shape index (κ2) is 5.33. The molecule has 0 unspecified atom stereocenters. The Kier molecular flexibility index (Phi) is 3.59. The van der Waals surface area contributed by atoms with Crippen LogP contribution < -0.4 is 4.74 Å². The smallest absolute Gasteiger partial charge is 0.166 e. The van der Waals surface area contributed by atoms with Crippen molar-refractivity contribution in [3.05, 3.63) is 65.0 Å². The average molecular weight is 241 g/mol. The van der Waals surface area contributed by atoms with Crippen molar-refractivity contribution in [2.75, 3.05) is 0 Å². The highest BCUT2D eigenvalue weighted by Gasteiger charge is 2.04. The van der Waals surface area contributed by atoms with Gasteiger partial charge in [0.05, 0.1) is 11.6 Å². The molecule has 90 valence electrons. The molecule has 0 aliphatic carbocycles. The maximum atomic E-state index is 13.5. The van der Waals surface area contributed by atoms with Crippen molar-refractivity contribution in [2.24, 2.45) is 0 Å². The lowest BCUT2D eigenvalue weighted by Crippen LogP contribution is -1.97. The first-order valence-electron chi connectivity index (χ1n) is 5.57. The summed E-state index contributed by atoms with van der Waals surface area (Å²) in [5.41, 5.74) is 2.43. The Hall–Kier alpha value is -2.34. The van der Waals surface area contributed by atoms with Crippen molar-refractivity contribution in [2.45, 2.75) is 13.5 Å². The van der Waals surface area contributed by atoms with Gasteiger partial charge in [-0.15, -0.1) is 0 Å². The molecular formula is C15H12FNO. The highest BCUT2D eigenvalue weighted by Crippen LogP contribution is 2.19. The third kappa shape index (κ3) is 2.86. The van der Waals surface area contributed by atoms with Gasteiger partial charge in [0.2, 0.25) is 0 Å². The highest BCUT2D eigenvalue weighted by atomic mass is 19.1. The van der Waals surface area contributed by atoms with E-state index in [1.165, 1.54) is 23.8 Å². The van der Waals surface area contributed by atoms with Crippen molar-refractivity contribution >= 4 is 0 Å². The second-order valence-electron chi connectivity index (χ2n) is 4.03. The summed E-state index contributed by atoms with van der Waals surface area (Å²) in [5.74, 6) is -0.351. The van der Waals surface area contributed by atoms with Crippen LogP contribution in [-0.2, 0) is 6.61 Å². The van der Waals surface area contributed by atoms with Gasteiger partial charge in [-0.2, -0.15) is 5.26 Å². The molecule has 0 fully saturated rings. The minimum absolute atomic E-state index is 0.162. The molecule has 0 aliphatic heterocycles. The molecule has 0 spiro atoms. The summed E-state index contributed by atoms with van der Waals surface area (Å²) in [6.45, 7) is 2.31. The quantitative estimate of drug-likeness (QED) is 0.822. The third-order valence-electron chi connectivity index (χ3n) is 2.58. The van der Waals surface area contributed by atoms with Crippen LogP contribution in [0.4, 0.5) is 4.39 Å². The summed E-state index contributed by atoms with van der Waals surface area (Å²) < 4.78 is 18.9. The Morgan fingerprint density at radius 2 is 1.89 bits per heavy atom. The summed E-state index contributed by atoms with van der Waals surface area (Å²) in [5, 5.41) is 8.63. The summed E-state index contributed by atoms with van der Waals surface area (Å²) in [7, 11) is 0. The van der Waals surface area contributed by atoms with Crippen molar-refractivity contribution in [3.63, 3.8) is 0 Å². The summed E-state index contributed by atoms with van der Waals surface area (Å²) >= 11 is 0. The van der Waals surface area contributed by atoms with Gasteiger partial charge in [0.25, 0.3) is 0 Å². The number of halogens is 1. The van der Waals surface area contributed by atoms with Crippen LogP contribution in [-0.4, -0.2) is 0 Å². The van der Waals surface area contributed by atoms with Gasteiger partial charge >= 0.3 is 0 Å². The van der Waals surface area contributed by atoms with E-state index in [-0.39, 0.29) is 11.3 Å². The molecule has 2 aromatic carbocycles. The van der Waals surface area contributed by atoms with Gasteiger partial charge in [0, 0.05) is 0 Å².